The van der Waals surface area contributed by atoms with Crippen LogP contribution < -0.4 is 10.1 Å². The van der Waals surface area contributed by atoms with Crippen molar-refractivity contribution < 1.29 is 23.4 Å². The number of alkyl halides is 2. The molecule has 1 saturated carbocycles. The highest BCUT2D eigenvalue weighted by molar-refractivity contribution is 5.88. The van der Waals surface area contributed by atoms with Crippen LogP contribution in [0.4, 0.5) is 20.4 Å². The lowest BCUT2D eigenvalue weighted by Crippen LogP contribution is -2.36. The van der Waals surface area contributed by atoms with Gasteiger partial charge in [0.2, 0.25) is 5.95 Å². The number of amides is 1. The molecular weight excluding hydrogens is 512 g/mol. The number of rotatable bonds is 9. The highest BCUT2D eigenvalue weighted by Crippen LogP contribution is 2.34. The number of hydrogen-bond acceptors (Lipinski definition) is 9. The first-order chi connectivity index (χ1) is 18.8. The average Bonchev–Trinajstić information content (AvgIpc) is 3.35. The van der Waals surface area contributed by atoms with Crippen molar-refractivity contribution in [1.29, 1.82) is 0 Å². The van der Waals surface area contributed by atoms with Crippen LogP contribution in [0.5, 0.6) is 5.88 Å². The third-order valence-corrected chi connectivity index (χ3v) is 6.59. The predicted molar refractivity (Wildman–Crippen MR) is 134 cm³/mol. The van der Waals surface area contributed by atoms with Gasteiger partial charge in [0.1, 0.15) is 18.3 Å². The Morgan fingerprint density at radius 3 is 2.85 bits per heavy atom. The fourth-order valence-corrected chi connectivity index (χ4v) is 4.35. The molecule has 5 heterocycles. The summed E-state index contributed by atoms with van der Waals surface area (Å²) in [6.07, 6.45) is 7.31. The maximum atomic E-state index is 12.9. The van der Waals surface area contributed by atoms with Crippen LogP contribution >= 0.6 is 0 Å². The van der Waals surface area contributed by atoms with Gasteiger partial charge in [-0.3, -0.25) is 14.5 Å². The summed E-state index contributed by atoms with van der Waals surface area (Å²) in [7, 11) is 1.65. The molecule has 2 aliphatic rings. The molecule has 1 atom stereocenters. The number of nitrogens with zero attached hydrogens (tertiary/aromatic N) is 8. The van der Waals surface area contributed by atoms with Crippen molar-refractivity contribution in [2.75, 3.05) is 18.9 Å². The first kappa shape index (κ1) is 24.9. The molecule has 39 heavy (non-hydrogen) atoms. The zero-order valence-corrected chi connectivity index (χ0v) is 20.9. The molecule has 6 rings (SSSR count). The molecule has 14 heteroatoms. The number of likely N-dealkylation sites (N-methyl/N-ethyl adjacent to an activating group) is 1. The van der Waals surface area contributed by atoms with Crippen molar-refractivity contribution >= 4 is 17.5 Å². The first-order valence-electron chi connectivity index (χ1n) is 12.4. The van der Waals surface area contributed by atoms with Gasteiger partial charge in [0.25, 0.3) is 18.2 Å². The lowest BCUT2D eigenvalue weighted by Gasteiger charge is -2.21. The van der Waals surface area contributed by atoms with Crippen LogP contribution in [0.25, 0.3) is 17.1 Å². The molecule has 4 aromatic rings. The summed E-state index contributed by atoms with van der Waals surface area (Å²) >= 11 is 0. The van der Waals surface area contributed by atoms with Gasteiger partial charge in [0, 0.05) is 62.0 Å². The second-order valence-electron chi connectivity index (χ2n) is 9.59. The molecular formula is C25H25F2N9O3. The van der Waals surface area contributed by atoms with E-state index in [-0.39, 0.29) is 30.3 Å². The summed E-state index contributed by atoms with van der Waals surface area (Å²) in [6, 6.07) is 5.13. The van der Waals surface area contributed by atoms with Gasteiger partial charge < -0.3 is 20.1 Å². The lowest BCUT2D eigenvalue weighted by molar-refractivity contribution is -0.143. The van der Waals surface area contributed by atoms with Crippen LogP contribution in [-0.4, -0.2) is 76.5 Å². The van der Waals surface area contributed by atoms with E-state index in [1.165, 1.54) is 23.5 Å². The highest BCUT2D eigenvalue weighted by Gasteiger charge is 2.45. The van der Waals surface area contributed by atoms with Gasteiger partial charge in [-0.1, -0.05) is 0 Å². The van der Waals surface area contributed by atoms with E-state index in [0.29, 0.717) is 34.9 Å². The minimum atomic E-state index is -2.56. The van der Waals surface area contributed by atoms with Gasteiger partial charge in [-0.05, 0) is 25.0 Å². The van der Waals surface area contributed by atoms with Crippen LogP contribution in [0, 0.1) is 0 Å². The number of aromatic nitrogens is 7. The molecule has 1 unspecified atom stereocenters. The second-order valence-corrected chi connectivity index (χ2v) is 9.59. The van der Waals surface area contributed by atoms with Crippen LogP contribution in [-0.2, 0) is 16.9 Å². The summed E-state index contributed by atoms with van der Waals surface area (Å²) < 4.78 is 34.2. The number of carbonyl (C=O) groups is 1. The number of halogens is 2. The third-order valence-electron chi connectivity index (χ3n) is 6.59. The molecule has 202 valence electrons. The Hall–Kier alpha value is -4.46. The Labute approximate surface area is 221 Å². The van der Waals surface area contributed by atoms with Crippen LogP contribution in [0.15, 0.2) is 49.2 Å². The number of carbonyl (C=O) groups excluding carboxylic acids is 1. The third kappa shape index (κ3) is 5.02. The van der Waals surface area contributed by atoms with E-state index >= 15 is 0 Å². The van der Waals surface area contributed by atoms with Crippen LogP contribution in [0.2, 0.25) is 0 Å². The summed E-state index contributed by atoms with van der Waals surface area (Å²) in [5.41, 5.74) is 0.373. The molecule has 12 nitrogen and oxygen atoms in total. The predicted octanol–water partition coefficient (Wildman–Crippen LogP) is 2.52. The van der Waals surface area contributed by atoms with Crippen molar-refractivity contribution in [3.05, 3.63) is 54.7 Å². The largest absolute Gasteiger partial charge is 0.472 e. The second kappa shape index (κ2) is 9.69. The zero-order valence-electron chi connectivity index (χ0n) is 20.9. The SMILES string of the molecule is CN1CCC(O)(c2cncc(-c3ccn(-c4ccnc(Nc5cn(CC(F)F)nc5OC5CC5)n4)n3)c2)C1=O. The van der Waals surface area contributed by atoms with Gasteiger partial charge in [-0.25, -0.2) is 18.4 Å². The van der Waals surface area contributed by atoms with Gasteiger partial charge >= 0.3 is 0 Å². The smallest absolute Gasteiger partial charge is 0.259 e. The normalized spacial score (nSPS) is 19.2. The van der Waals surface area contributed by atoms with Gasteiger partial charge in [0.05, 0.1) is 11.9 Å². The average molecular weight is 538 g/mol. The van der Waals surface area contributed by atoms with E-state index in [1.807, 2.05) is 0 Å². The fourth-order valence-electron chi connectivity index (χ4n) is 4.35. The monoisotopic (exact) mass is 537 g/mol. The summed E-state index contributed by atoms with van der Waals surface area (Å²) in [4.78, 5) is 27.0. The first-order valence-corrected chi connectivity index (χ1v) is 12.4. The number of ether oxygens (including phenoxy) is 1. The van der Waals surface area contributed by atoms with Crippen LogP contribution in [0.1, 0.15) is 24.8 Å². The minimum absolute atomic E-state index is 0.0246. The molecule has 1 saturated heterocycles. The number of pyridine rings is 1. The number of hydrogen-bond donors (Lipinski definition) is 2. The van der Waals surface area contributed by atoms with E-state index in [1.54, 1.807) is 42.3 Å². The zero-order chi connectivity index (χ0) is 27.1. The number of anilines is 2. The fraction of sp³-hybridized carbons (Fsp3) is 0.360. The number of likely N-dealkylation sites (tertiary alicyclic amines) is 1. The maximum absolute atomic E-state index is 12.9. The molecule has 0 bridgehead atoms. The van der Waals surface area contributed by atoms with Crippen molar-refractivity contribution in [2.45, 2.75) is 43.9 Å². The quantitative estimate of drug-likeness (QED) is 0.330. The lowest BCUT2D eigenvalue weighted by atomic mass is 9.92. The number of aliphatic hydroxyl groups is 1. The molecule has 0 radical (unpaired) electrons. The van der Waals surface area contributed by atoms with Crippen molar-refractivity contribution in [3.63, 3.8) is 0 Å². The standard InChI is InChI=1S/C25H25F2N9O3/c1-34-9-6-25(38,23(34)37)16-10-15(11-28-12-16)18-5-8-36(32-18)21-4-7-29-24(31-21)30-19-13-35(14-20(26)27)33-22(19)39-17-2-3-17/h4-5,7-8,10-13,17,20,38H,2-3,6,9,14H2,1H3,(H,29,30,31). The molecule has 2 N–H and O–H groups in total. The van der Waals surface area contributed by atoms with E-state index < -0.39 is 18.6 Å². The summed E-state index contributed by atoms with van der Waals surface area (Å²) in [5.74, 6) is 0.503. The molecule has 1 aliphatic carbocycles. The van der Waals surface area contributed by atoms with E-state index in [4.69, 9.17) is 4.74 Å². The Bertz CT molecular complexity index is 1520. The molecule has 0 aromatic carbocycles. The van der Waals surface area contributed by atoms with Gasteiger partial charge in [0.15, 0.2) is 11.4 Å². The van der Waals surface area contributed by atoms with Crippen molar-refractivity contribution in [2.24, 2.45) is 0 Å². The van der Waals surface area contributed by atoms with E-state index in [0.717, 1.165) is 17.5 Å². The van der Waals surface area contributed by atoms with E-state index in [9.17, 15) is 18.7 Å². The maximum Gasteiger partial charge on any atom is 0.259 e. The Morgan fingerprint density at radius 1 is 1.26 bits per heavy atom. The topological polar surface area (TPSA) is 136 Å². The van der Waals surface area contributed by atoms with Crippen LogP contribution in [0.3, 0.4) is 0 Å². The Kier molecular flexibility index (Phi) is 6.17. The molecule has 2 fully saturated rings. The molecule has 1 amide bonds. The van der Waals surface area contributed by atoms with E-state index in [2.05, 4.69) is 30.5 Å². The molecule has 1 aliphatic heterocycles. The minimum Gasteiger partial charge on any atom is -0.472 e. The summed E-state index contributed by atoms with van der Waals surface area (Å²) in [5, 5.41) is 22.7. The van der Waals surface area contributed by atoms with Gasteiger partial charge in [-0.15, -0.1) is 5.10 Å². The highest BCUT2D eigenvalue weighted by atomic mass is 19.3. The Morgan fingerprint density at radius 2 is 2.10 bits per heavy atom. The van der Waals surface area contributed by atoms with Gasteiger partial charge in [-0.2, -0.15) is 10.1 Å². The Balaban J connectivity index is 1.23. The molecule has 0 spiro atoms. The van der Waals surface area contributed by atoms with Crippen molar-refractivity contribution in [1.82, 2.24) is 39.4 Å². The molecule has 4 aromatic heterocycles. The number of nitrogens with one attached hydrogen (secondary N) is 1. The summed E-state index contributed by atoms with van der Waals surface area (Å²) in [6.45, 7) is -0.0997. The van der Waals surface area contributed by atoms with Crippen molar-refractivity contribution in [3.8, 4) is 23.0 Å².